The largest absolute Gasteiger partial charge is 0.312 e. The van der Waals surface area contributed by atoms with Crippen LogP contribution in [0.15, 0.2) is 11.4 Å². The van der Waals surface area contributed by atoms with Crippen LogP contribution in [0.1, 0.15) is 37.1 Å². The summed E-state index contributed by atoms with van der Waals surface area (Å²) in [5.74, 6) is 0.790. The quantitative estimate of drug-likeness (QED) is 0.751. The summed E-state index contributed by atoms with van der Waals surface area (Å²) in [7, 11) is 0. The molecule has 1 N–H and O–H groups in total. The van der Waals surface area contributed by atoms with Crippen molar-refractivity contribution in [3.63, 3.8) is 0 Å². The van der Waals surface area contributed by atoms with E-state index in [9.17, 15) is 0 Å². The van der Waals surface area contributed by atoms with Gasteiger partial charge in [0.15, 0.2) is 0 Å². The Morgan fingerprint density at radius 3 is 2.93 bits per heavy atom. The van der Waals surface area contributed by atoms with Gasteiger partial charge in [0.25, 0.3) is 0 Å². The number of hydrogen-bond donors (Lipinski definition) is 1. The lowest BCUT2D eigenvalue weighted by Gasteiger charge is -2.05. The highest BCUT2D eigenvalue weighted by atomic mass is 32.1. The van der Waals surface area contributed by atoms with Gasteiger partial charge in [-0.2, -0.15) is 5.26 Å². The molecule has 0 aliphatic heterocycles. The van der Waals surface area contributed by atoms with Crippen molar-refractivity contribution in [1.29, 1.82) is 5.26 Å². The first kappa shape index (κ1) is 12.2. The predicted octanol–water partition coefficient (Wildman–Crippen LogP) is 3.15. The zero-order valence-electron chi connectivity index (χ0n) is 9.42. The Balaban J connectivity index is 2.13. The second kappa shape index (κ2) is 6.60. The molecule has 0 amide bonds. The molecule has 0 fully saturated rings. The van der Waals surface area contributed by atoms with Gasteiger partial charge in [0.1, 0.15) is 6.07 Å². The highest BCUT2D eigenvalue weighted by Crippen LogP contribution is 2.13. The predicted molar refractivity (Wildman–Crippen MR) is 64.8 cm³/mol. The molecule has 1 aromatic rings. The smallest absolute Gasteiger partial charge is 0.100 e. The van der Waals surface area contributed by atoms with E-state index in [0.717, 1.165) is 24.6 Å². The molecule has 1 rings (SSSR count). The number of rotatable bonds is 6. The molecule has 1 aromatic heterocycles. The molecule has 0 atom stereocenters. The zero-order valence-corrected chi connectivity index (χ0v) is 10.2. The van der Waals surface area contributed by atoms with Crippen molar-refractivity contribution >= 4 is 11.3 Å². The van der Waals surface area contributed by atoms with E-state index >= 15 is 0 Å². The molecule has 3 heteroatoms. The lowest BCUT2D eigenvalue weighted by Crippen LogP contribution is -2.14. The summed E-state index contributed by atoms with van der Waals surface area (Å²) in [6.45, 7) is 6.46. The van der Waals surface area contributed by atoms with Gasteiger partial charge in [-0.3, -0.25) is 0 Å². The van der Waals surface area contributed by atoms with E-state index in [1.165, 1.54) is 17.7 Å². The van der Waals surface area contributed by atoms with Crippen LogP contribution in [0.4, 0.5) is 0 Å². The molecule has 82 valence electrons. The first-order valence-electron chi connectivity index (χ1n) is 5.40. The van der Waals surface area contributed by atoms with Crippen molar-refractivity contribution < 1.29 is 0 Å². The molecule has 0 aromatic carbocycles. The number of hydrogen-bond acceptors (Lipinski definition) is 3. The van der Waals surface area contributed by atoms with E-state index in [1.807, 2.05) is 11.4 Å². The zero-order chi connectivity index (χ0) is 11.1. The van der Waals surface area contributed by atoms with Crippen LogP contribution in [0.2, 0.25) is 0 Å². The Morgan fingerprint density at radius 1 is 1.53 bits per heavy atom. The van der Waals surface area contributed by atoms with Gasteiger partial charge in [-0.15, -0.1) is 11.3 Å². The van der Waals surface area contributed by atoms with Crippen LogP contribution in [0.5, 0.6) is 0 Å². The normalized spacial score (nSPS) is 10.5. The van der Waals surface area contributed by atoms with Gasteiger partial charge in [-0.25, -0.2) is 0 Å². The second-order valence-corrected chi connectivity index (χ2v) is 5.12. The van der Waals surface area contributed by atoms with Crippen LogP contribution >= 0.6 is 11.3 Å². The van der Waals surface area contributed by atoms with Gasteiger partial charge in [-0.05, 0) is 31.4 Å². The van der Waals surface area contributed by atoms with Crippen LogP contribution in [0.25, 0.3) is 0 Å². The van der Waals surface area contributed by atoms with Gasteiger partial charge in [0, 0.05) is 16.8 Å². The van der Waals surface area contributed by atoms with Gasteiger partial charge < -0.3 is 5.32 Å². The lowest BCUT2D eigenvalue weighted by atomic mass is 10.1. The van der Waals surface area contributed by atoms with E-state index in [-0.39, 0.29) is 0 Å². The molecular weight excluding hydrogens is 204 g/mol. The van der Waals surface area contributed by atoms with Crippen molar-refractivity contribution in [2.24, 2.45) is 5.92 Å². The fraction of sp³-hybridized carbons (Fsp3) is 0.583. The van der Waals surface area contributed by atoms with E-state index in [1.54, 1.807) is 11.3 Å². The minimum Gasteiger partial charge on any atom is -0.312 e. The molecule has 0 saturated carbocycles. The molecule has 0 bridgehead atoms. The summed E-state index contributed by atoms with van der Waals surface area (Å²) < 4.78 is 0. The number of nitrogens with zero attached hydrogens (tertiary/aromatic N) is 1. The van der Waals surface area contributed by atoms with Crippen molar-refractivity contribution in [1.82, 2.24) is 5.32 Å². The SMILES string of the molecule is CC(C)CCCNCc1cc(C#N)cs1. The average molecular weight is 222 g/mol. The molecule has 0 saturated heterocycles. The Hall–Kier alpha value is -0.850. The Morgan fingerprint density at radius 2 is 2.33 bits per heavy atom. The maximum atomic E-state index is 8.66. The fourth-order valence-electron chi connectivity index (χ4n) is 1.38. The number of nitrogens with one attached hydrogen (secondary N) is 1. The summed E-state index contributed by atoms with van der Waals surface area (Å²) in [4.78, 5) is 1.25. The van der Waals surface area contributed by atoms with Crippen LogP contribution in [0, 0.1) is 17.2 Å². The Bertz CT molecular complexity index is 323. The monoisotopic (exact) mass is 222 g/mol. The van der Waals surface area contributed by atoms with Crippen molar-refractivity contribution in [2.45, 2.75) is 33.2 Å². The molecule has 0 aliphatic rings. The van der Waals surface area contributed by atoms with E-state index in [4.69, 9.17) is 5.26 Å². The molecule has 2 nitrogen and oxygen atoms in total. The van der Waals surface area contributed by atoms with Crippen LogP contribution < -0.4 is 5.32 Å². The maximum Gasteiger partial charge on any atom is 0.100 e. The fourth-order valence-corrected chi connectivity index (χ4v) is 2.16. The molecule has 0 aliphatic carbocycles. The summed E-state index contributed by atoms with van der Waals surface area (Å²) in [5, 5.41) is 14.0. The number of nitriles is 1. The van der Waals surface area contributed by atoms with Crippen LogP contribution in [0.3, 0.4) is 0 Å². The van der Waals surface area contributed by atoms with Gasteiger partial charge in [-0.1, -0.05) is 13.8 Å². The van der Waals surface area contributed by atoms with Crippen molar-refractivity contribution in [3.05, 3.63) is 21.9 Å². The molecule has 0 radical (unpaired) electrons. The summed E-state index contributed by atoms with van der Waals surface area (Å²) >= 11 is 1.65. The molecular formula is C12H18N2S. The molecule has 0 unspecified atom stereocenters. The lowest BCUT2D eigenvalue weighted by molar-refractivity contribution is 0.528. The van der Waals surface area contributed by atoms with Crippen LogP contribution in [-0.4, -0.2) is 6.54 Å². The van der Waals surface area contributed by atoms with Crippen LogP contribution in [-0.2, 0) is 6.54 Å². The minimum absolute atomic E-state index is 0.777. The standard InChI is InChI=1S/C12H18N2S/c1-10(2)4-3-5-14-8-12-6-11(7-13)9-15-12/h6,9-10,14H,3-5,8H2,1-2H3. The van der Waals surface area contributed by atoms with Gasteiger partial charge in [0.2, 0.25) is 0 Å². The minimum atomic E-state index is 0.777. The summed E-state index contributed by atoms with van der Waals surface area (Å²) in [6, 6.07) is 4.10. The van der Waals surface area contributed by atoms with Crippen molar-refractivity contribution in [3.8, 4) is 6.07 Å². The Labute approximate surface area is 95.9 Å². The maximum absolute atomic E-state index is 8.66. The second-order valence-electron chi connectivity index (χ2n) is 4.13. The third-order valence-electron chi connectivity index (χ3n) is 2.22. The first-order valence-corrected chi connectivity index (χ1v) is 6.28. The highest BCUT2D eigenvalue weighted by Gasteiger charge is 1.98. The molecule has 1 heterocycles. The number of thiophene rings is 1. The van der Waals surface area contributed by atoms with E-state index in [0.29, 0.717) is 0 Å². The molecule has 15 heavy (non-hydrogen) atoms. The third kappa shape index (κ3) is 4.96. The van der Waals surface area contributed by atoms with Gasteiger partial charge in [0.05, 0.1) is 5.56 Å². The average Bonchev–Trinajstić information content (AvgIpc) is 2.65. The van der Waals surface area contributed by atoms with E-state index < -0.39 is 0 Å². The third-order valence-corrected chi connectivity index (χ3v) is 3.15. The first-order chi connectivity index (χ1) is 7.22. The summed E-state index contributed by atoms with van der Waals surface area (Å²) in [6.07, 6.45) is 2.51. The van der Waals surface area contributed by atoms with E-state index in [2.05, 4.69) is 25.2 Å². The highest BCUT2D eigenvalue weighted by molar-refractivity contribution is 7.10. The van der Waals surface area contributed by atoms with Gasteiger partial charge >= 0.3 is 0 Å². The summed E-state index contributed by atoms with van der Waals surface area (Å²) in [5.41, 5.74) is 0.777. The molecule has 0 spiro atoms. The Kier molecular flexibility index (Phi) is 5.38. The van der Waals surface area contributed by atoms with Crippen molar-refractivity contribution in [2.75, 3.05) is 6.54 Å². The topological polar surface area (TPSA) is 35.8 Å².